The maximum absolute atomic E-state index is 6.35. The number of nitrogens with zero attached hydrogens (tertiary/aromatic N) is 1. The van der Waals surface area contributed by atoms with Gasteiger partial charge in [-0.2, -0.15) is 0 Å². The normalized spacial score (nSPS) is 19.3. The summed E-state index contributed by atoms with van der Waals surface area (Å²) < 4.78 is 0. The van der Waals surface area contributed by atoms with Crippen LogP contribution in [-0.4, -0.2) is 30.6 Å². The van der Waals surface area contributed by atoms with Crippen molar-refractivity contribution in [3.63, 3.8) is 0 Å². The maximum Gasteiger partial charge on any atom is 0.0453 e. The Morgan fingerprint density at radius 3 is 2.89 bits per heavy atom. The summed E-state index contributed by atoms with van der Waals surface area (Å²) in [5.74, 6) is 0. The summed E-state index contributed by atoms with van der Waals surface area (Å²) in [6.07, 6.45) is 3.81. The van der Waals surface area contributed by atoms with Crippen LogP contribution in [0.4, 0.5) is 0 Å². The molecule has 1 atom stereocenters. The molecule has 1 saturated heterocycles. The van der Waals surface area contributed by atoms with Gasteiger partial charge in [0.2, 0.25) is 0 Å². The minimum Gasteiger partial charge on any atom is -0.313 e. The van der Waals surface area contributed by atoms with Crippen LogP contribution >= 0.6 is 11.6 Å². The van der Waals surface area contributed by atoms with Gasteiger partial charge in [-0.1, -0.05) is 30.7 Å². The Morgan fingerprint density at radius 1 is 1.42 bits per heavy atom. The Balaban J connectivity index is 1.98. The van der Waals surface area contributed by atoms with E-state index in [9.17, 15) is 0 Å². The SMILES string of the molecule is CCCN(Cc1ccc(C)cc1Cl)CC1CCCN1. The van der Waals surface area contributed by atoms with Gasteiger partial charge in [0, 0.05) is 24.2 Å². The van der Waals surface area contributed by atoms with Gasteiger partial charge >= 0.3 is 0 Å². The molecule has 2 rings (SSSR count). The van der Waals surface area contributed by atoms with Gasteiger partial charge in [0.15, 0.2) is 0 Å². The van der Waals surface area contributed by atoms with Crippen LogP contribution < -0.4 is 5.32 Å². The lowest BCUT2D eigenvalue weighted by Gasteiger charge is -2.25. The van der Waals surface area contributed by atoms with Gasteiger partial charge in [0.25, 0.3) is 0 Å². The molecule has 1 unspecified atom stereocenters. The van der Waals surface area contributed by atoms with Crippen LogP contribution in [0.1, 0.15) is 37.3 Å². The van der Waals surface area contributed by atoms with E-state index in [2.05, 4.69) is 42.3 Å². The molecule has 1 aliphatic heterocycles. The van der Waals surface area contributed by atoms with E-state index in [-0.39, 0.29) is 0 Å². The zero-order chi connectivity index (χ0) is 13.7. The molecule has 0 bridgehead atoms. The maximum atomic E-state index is 6.35. The average molecular weight is 281 g/mol. The predicted octanol–water partition coefficient (Wildman–Crippen LogP) is 3.61. The number of rotatable bonds is 6. The van der Waals surface area contributed by atoms with E-state index in [0.717, 1.165) is 24.7 Å². The van der Waals surface area contributed by atoms with Crippen LogP contribution in [0.3, 0.4) is 0 Å². The van der Waals surface area contributed by atoms with Crippen LogP contribution in [0.15, 0.2) is 18.2 Å². The average Bonchev–Trinajstić information content (AvgIpc) is 2.86. The molecule has 0 aromatic heterocycles. The summed E-state index contributed by atoms with van der Waals surface area (Å²) in [4.78, 5) is 2.53. The smallest absolute Gasteiger partial charge is 0.0453 e. The molecular formula is C16H25ClN2. The number of hydrogen-bond acceptors (Lipinski definition) is 2. The molecule has 1 aromatic carbocycles. The zero-order valence-electron chi connectivity index (χ0n) is 12.1. The summed E-state index contributed by atoms with van der Waals surface area (Å²) in [6, 6.07) is 7.05. The molecule has 1 fully saturated rings. The molecule has 1 aromatic rings. The molecule has 0 amide bonds. The monoisotopic (exact) mass is 280 g/mol. The highest BCUT2D eigenvalue weighted by Crippen LogP contribution is 2.20. The molecule has 19 heavy (non-hydrogen) atoms. The van der Waals surface area contributed by atoms with E-state index in [1.807, 2.05) is 0 Å². The molecule has 3 heteroatoms. The minimum atomic E-state index is 0.663. The van der Waals surface area contributed by atoms with Gasteiger partial charge in [-0.15, -0.1) is 0 Å². The van der Waals surface area contributed by atoms with E-state index in [1.165, 1.54) is 36.9 Å². The number of aryl methyl sites for hydroxylation is 1. The summed E-state index contributed by atoms with van der Waals surface area (Å²) >= 11 is 6.35. The van der Waals surface area contributed by atoms with E-state index < -0.39 is 0 Å². The van der Waals surface area contributed by atoms with Crippen LogP contribution in [0.5, 0.6) is 0 Å². The molecule has 1 heterocycles. The number of hydrogen-bond donors (Lipinski definition) is 1. The highest BCUT2D eigenvalue weighted by Gasteiger charge is 2.18. The van der Waals surface area contributed by atoms with E-state index in [0.29, 0.717) is 6.04 Å². The van der Waals surface area contributed by atoms with Crippen molar-refractivity contribution in [1.29, 1.82) is 0 Å². The van der Waals surface area contributed by atoms with Gasteiger partial charge in [0.1, 0.15) is 0 Å². The highest BCUT2D eigenvalue weighted by molar-refractivity contribution is 6.31. The lowest BCUT2D eigenvalue weighted by atomic mass is 10.1. The Kier molecular flexibility index (Phi) is 5.68. The summed E-state index contributed by atoms with van der Waals surface area (Å²) in [6.45, 7) is 8.75. The van der Waals surface area contributed by atoms with Gasteiger partial charge < -0.3 is 5.32 Å². The molecule has 0 saturated carbocycles. The van der Waals surface area contributed by atoms with Crippen molar-refractivity contribution in [2.45, 2.75) is 45.7 Å². The Bertz CT molecular complexity index is 400. The fraction of sp³-hybridized carbons (Fsp3) is 0.625. The second kappa shape index (κ2) is 7.28. The fourth-order valence-corrected chi connectivity index (χ4v) is 3.09. The molecule has 1 N–H and O–H groups in total. The topological polar surface area (TPSA) is 15.3 Å². The third kappa shape index (κ3) is 4.48. The number of nitrogens with one attached hydrogen (secondary N) is 1. The number of benzene rings is 1. The molecular weight excluding hydrogens is 256 g/mol. The minimum absolute atomic E-state index is 0.663. The van der Waals surface area contributed by atoms with Crippen molar-refractivity contribution in [2.24, 2.45) is 0 Å². The molecule has 2 nitrogen and oxygen atoms in total. The van der Waals surface area contributed by atoms with Crippen LogP contribution in [0.25, 0.3) is 0 Å². The summed E-state index contributed by atoms with van der Waals surface area (Å²) in [7, 11) is 0. The first-order valence-corrected chi connectivity index (χ1v) is 7.77. The van der Waals surface area contributed by atoms with E-state index >= 15 is 0 Å². The lowest BCUT2D eigenvalue weighted by molar-refractivity contribution is 0.241. The second-order valence-corrected chi connectivity index (χ2v) is 6.03. The van der Waals surface area contributed by atoms with Crippen LogP contribution in [0.2, 0.25) is 5.02 Å². The van der Waals surface area contributed by atoms with Gasteiger partial charge in [-0.3, -0.25) is 4.90 Å². The molecule has 0 radical (unpaired) electrons. The van der Waals surface area contributed by atoms with Crippen molar-refractivity contribution in [3.05, 3.63) is 34.3 Å². The highest BCUT2D eigenvalue weighted by atomic mass is 35.5. The van der Waals surface area contributed by atoms with Crippen molar-refractivity contribution >= 4 is 11.6 Å². The van der Waals surface area contributed by atoms with E-state index in [4.69, 9.17) is 11.6 Å². The van der Waals surface area contributed by atoms with Gasteiger partial charge in [-0.05, 0) is 56.5 Å². The third-order valence-electron chi connectivity index (χ3n) is 3.78. The summed E-state index contributed by atoms with van der Waals surface area (Å²) in [5.41, 5.74) is 2.48. The first kappa shape index (κ1) is 14.8. The van der Waals surface area contributed by atoms with Crippen molar-refractivity contribution in [1.82, 2.24) is 10.2 Å². The predicted molar refractivity (Wildman–Crippen MR) is 82.8 cm³/mol. The van der Waals surface area contributed by atoms with E-state index in [1.54, 1.807) is 0 Å². The Hall–Kier alpha value is -0.570. The van der Waals surface area contributed by atoms with Crippen molar-refractivity contribution < 1.29 is 0 Å². The Labute approximate surface area is 122 Å². The number of halogens is 1. The fourth-order valence-electron chi connectivity index (χ4n) is 2.80. The first-order chi connectivity index (χ1) is 9.19. The Morgan fingerprint density at radius 2 is 2.26 bits per heavy atom. The third-order valence-corrected chi connectivity index (χ3v) is 4.14. The zero-order valence-corrected chi connectivity index (χ0v) is 12.8. The summed E-state index contributed by atoms with van der Waals surface area (Å²) in [5, 5.41) is 4.48. The van der Waals surface area contributed by atoms with Crippen molar-refractivity contribution in [3.8, 4) is 0 Å². The molecule has 1 aliphatic rings. The first-order valence-electron chi connectivity index (χ1n) is 7.40. The van der Waals surface area contributed by atoms with Crippen LogP contribution in [0, 0.1) is 6.92 Å². The lowest BCUT2D eigenvalue weighted by Crippen LogP contribution is -2.37. The molecule has 0 aliphatic carbocycles. The van der Waals surface area contributed by atoms with Gasteiger partial charge in [0.05, 0.1) is 0 Å². The largest absolute Gasteiger partial charge is 0.313 e. The van der Waals surface area contributed by atoms with Crippen molar-refractivity contribution in [2.75, 3.05) is 19.6 Å². The molecule has 106 valence electrons. The van der Waals surface area contributed by atoms with Gasteiger partial charge in [-0.25, -0.2) is 0 Å². The van der Waals surface area contributed by atoms with Crippen LogP contribution in [-0.2, 0) is 6.54 Å². The second-order valence-electron chi connectivity index (χ2n) is 5.62. The quantitative estimate of drug-likeness (QED) is 0.856. The standard InChI is InChI=1S/C16H25ClN2/c1-3-9-19(12-15-5-4-8-18-15)11-14-7-6-13(2)10-16(14)17/h6-7,10,15,18H,3-5,8-9,11-12H2,1-2H3. The molecule has 0 spiro atoms.